The fourth-order valence-corrected chi connectivity index (χ4v) is 3.70. The quantitative estimate of drug-likeness (QED) is 0.661. The van der Waals surface area contributed by atoms with Crippen LogP contribution in [0.15, 0.2) is 22.4 Å². The lowest BCUT2D eigenvalue weighted by Gasteiger charge is -2.08. The minimum absolute atomic E-state index is 0.0562. The second-order valence-corrected chi connectivity index (χ2v) is 6.88. The topological polar surface area (TPSA) is 102 Å². The fraction of sp³-hybridized carbons (Fsp3) is 0.167. The summed E-state index contributed by atoms with van der Waals surface area (Å²) < 4.78 is 40.0. The number of nitrogens with zero attached hydrogens (tertiary/aromatic N) is 1. The molecule has 0 atom stereocenters. The Morgan fingerprint density at radius 2 is 2.10 bits per heavy atom. The number of rotatable bonds is 4. The van der Waals surface area contributed by atoms with Crippen molar-refractivity contribution in [3.8, 4) is 0 Å². The van der Waals surface area contributed by atoms with Gasteiger partial charge in [0.15, 0.2) is 10.9 Å². The lowest BCUT2D eigenvalue weighted by molar-refractivity contribution is 0.101. The Morgan fingerprint density at radius 3 is 2.62 bits per heavy atom. The Balaban J connectivity index is 2.36. The summed E-state index contributed by atoms with van der Waals surface area (Å²) in [5.74, 6) is -0.916. The van der Waals surface area contributed by atoms with Crippen molar-refractivity contribution in [3.05, 3.63) is 34.6 Å². The number of anilines is 2. The third-order valence-electron chi connectivity index (χ3n) is 2.65. The molecule has 6 nitrogen and oxygen atoms in total. The molecule has 21 heavy (non-hydrogen) atoms. The number of carbonyl (C=O) groups is 1. The van der Waals surface area contributed by atoms with Crippen LogP contribution >= 0.6 is 11.3 Å². The first-order valence-electron chi connectivity index (χ1n) is 5.75. The van der Waals surface area contributed by atoms with Crippen molar-refractivity contribution in [1.82, 2.24) is 4.98 Å². The number of nitrogen functional groups attached to an aromatic ring is 1. The van der Waals surface area contributed by atoms with Gasteiger partial charge in [-0.05, 0) is 24.6 Å². The number of nitrogens with two attached hydrogens (primary N) is 1. The maximum atomic E-state index is 13.4. The van der Waals surface area contributed by atoms with E-state index in [0.717, 1.165) is 17.4 Å². The van der Waals surface area contributed by atoms with Gasteiger partial charge in [-0.3, -0.25) is 9.52 Å². The average molecular weight is 329 g/mol. The maximum Gasteiger partial charge on any atom is 0.263 e. The van der Waals surface area contributed by atoms with E-state index in [1.807, 2.05) is 0 Å². The molecule has 0 bridgehead atoms. The summed E-state index contributed by atoms with van der Waals surface area (Å²) in [6.07, 6.45) is 0. The minimum atomic E-state index is -3.95. The Bertz CT molecular complexity index is 792. The normalized spacial score (nSPS) is 11.4. The summed E-state index contributed by atoms with van der Waals surface area (Å²) >= 11 is 0.983. The standard InChI is InChI=1S/C12H12FN3O3S2/c1-6-3-8(4-9(14)11(6)13)21(18,19)16-12-15-10(5-20-12)7(2)17/h3-5H,14H2,1-2H3,(H,15,16). The molecule has 2 aromatic rings. The predicted molar refractivity (Wildman–Crippen MR) is 78.5 cm³/mol. The van der Waals surface area contributed by atoms with Gasteiger partial charge in [0.2, 0.25) is 0 Å². The predicted octanol–water partition coefficient (Wildman–Crippen LogP) is 2.18. The molecule has 0 radical (unpaired) electrons. The highest BCUT2D eigenvalue weighted by Crippen LogP contribution is 2.24. The molecular formula is C12H12FN3O3S2. The number of carbonyl (C=O) groups excluding carboxylic acids is 1. The number of thiazole rings is 1. The lowest BCUT2D eigenvalue weighted by atomic mass is 10.2. The van der Waals surface area contributed by atoms with Crippen molar-refractivity contribution < 1.29 is 17.6 Å². The van der Waals surface area contributed by atoms with Gasteiger partial charge in [-0.25, -0.2) is 17.8 Å². The number of aryl methyl sites for hydroxylation is 1. The van der Waals surface area contributed by atoms with Gasteiger partial charge >= 0.3 is 0 Å². The molecule has 112 valence electrons. The summed E-state index contributed by atoms with van der Waals surface area (Å²) in [5.41, 5.74) is 5.48. The Hall–Kier alpha value is -2.00. The SMILES string of the molecule is CC(=O)c1csc(NS(=O)(=O)c2cc(C)c(F)c(N)c2)n1. The van der Waals surface area contributed by atoms with E-state index in [1.54, 1.807) is 0 Å². The average Bonchev–Trinajstić information content (AvgIpc) is 2.83. The van der Waals surface area contributed by atoms with Gasteiger partial charge in [-0.15, -0.1) is 11.3 Å². The highest BCUT2D eigenvalue weighted by atomic mass is 32.2. The third kappa shape index (κ3) is 3.19. The zero-order valence-corrected chi connectivity index (χ0v) is 12.8. The highest BCUT2D eigenvalue weighted by molar-refractivity contribution is 7.93. The molecule has 1 aromatic carbocycles. The molecule has 1 heterocycles. The molecule has 0 amide bonds. The monoisotopic (exact) mass is 329 g/mol. The summed E-state index contributed by atoms with van der Waals surface area (Å²) in [6.45, 7) is 2.75. The van der Waals surface area contributed by atoms with E-state index in [4.69, 9.17) is 5.73 Å². The Morgan fingerprint density at radius 1 is 1.43 bits per heavy atom. The van der Waals surface area contributed by atoms with Gasteiger partial charge in [0.25, 0.3) is 10.0 Å². The van der Waals surface area contributed by atoms with Crippen molar-refractivity contribution >= 4 is 38.0 Å². The van der Waals surface area contributed by atoms with Crippen LogP contribution in [0.4, 0.5) is 15.2 Å². The molecule has 2 rings (SSSR count). The summed E-state index contributed by atoms with van der Waals surface area (Å²) in [7, 11) is -3.95. The van der Waals surface area contributed by atoms with Gasteiger partial charge in [0, 0.05) is 12.3 Å². The molecule has 1 aromatic heterocycles. The van der Waals surface area contributed by atoms with Crippen molar-refractivity contribution in [1.29, 1.82) is 0 Å². The van der Waals surface area contributed by atoms with Gasteiger partial charge in [0.1, 0.15) is 11.5 Å². The zero-order chi connectivity index (χ0) is 15.8. The van der Waals surface area contributed by atoms with Crippen LogP contribution in [0, 0.1) is 12.7 Å². The Kier molecular flexibility index (Phi) is 3.97. The van der Waals surface area contributed by atoms with Crippen LogP contribution in [-0.4, -0.2) is 19.2 Å². The van der Waals surface area contributed by atoms with E-state index in [9.17, 15) is 17.6 Å². The summed E-state index contributed by atoms with van der Waals surface area (Å²) in [5, 5.41) is 1.51. The number of hydrogen-bond donors (Lipinski definition) is 2. The van der Waals surface area contributed by atoms with E-state index < -0.39 is 15.8 Å². The highest BCUT2D eigenvalue weighted by Gasteiger charge is 2.19. The van der Waals surface area contributed by atoms with Crippen LogP contribution < -0.4 is 10.5 Å². The van der Waals surface area contributed by atoms with Crippen LogP contribution in [0.5, 0.6) is 0 Å². The molecule has 0 fully saturated rings. The van der Waals surface area contributed by atoms with Crippen molar-refractivity contribution in [3.63, 3.8) is 0 Å². The number of benzene rings is 1. The number of nitrogens with one attached hydrogen (secondary N) is 1. The first kappa shape index (κ1) is 15.4. The van der Waals surface area contributed by atoms with Crippen molar-refractivity contribution in [2.45, 2.75) is 18.7 Å². The number of Topliss-reactive ketones (excluding diaryl/α,β-unsaturated/α-hetero) is 1. The zero-order valence-electron chi connectivity index (χ0n) is 11.2. The molecule has 0 saturated carbocycles. The molecule has 0 aliphatic carbocycles. The van der Waals surface area contributed by atoms with E-state index >= 15 is 0 Å². The lowest BCUT2D eigenvalue weighted by Crippen LogP contribution is -2.14. The minimum Gasteiger partial charge on any atom is -0.396 e. The van der Waals surface area contributed by atoms with Gasteiger partial charge in [0.05, 0.1) is 10.6 Å². The largest absolute Gasteiger partial charge is 0.396 e. The van der Waals surface area contributed by atoms with Gasteiger partial charge in [-0.2, -0.15) is 0 Å². The number of halogens is 1. The first-order chi connectivity index (χ1) is 9.70. The van der Waals surface area contributed by atoms with Crippen LogP contribution in [0.3, 0.4) is 0 Å². The third-order valence-corrected chi connectivity index (χ3v) is 4.86. The van der Waals surface area contributed by atoms with Crippen LogP contribution in [0.1, 0.15) is 23.0 Å². The number of aromatic nitrogens is 1. The summed E-state index contributed by atoms with van der Waals surface area (Å²) in [4.78, 5) is 14.8. The van der Waals surface area contributed by atoms with E-state index in [0.29, 0.717) is 0 Å². The Labute approximate surface area is 124 Å². The van der Waals surface area contributed by atoms with E-state index in [1.165, 1.54) is 25.3 Å². The molecule has 9 heteroatoms. The second kappa shape index (κ2) is 5.41. The smallest absolute Gasteiger partial charge is 0.263 e. The second-order valence-electron chi connectivity index (χ2n) is 4.34. The fourth-order valence-electron chi connectivity index (χ4n) is 1.57. The van der Waals surface area contributed by atoms with Crippen molar-refractivity contribution in [2.24, 2.45) is 0 Å². The van der Waals surface area contributed by atoms with Gasteiger partial charge < -0.3 is 5.73 Å². The molecule has 3 N–H and O–H groups in total. The first-order valence-corrected chi connectivity index (χ1v) is 8.12. The van der Waals surface area contributed by atoms with Gasteiger partial charge in [-0.1, -0.05) is 0 Å². The number of ketones is 1. The van der Waals surface area contributed by atoms with Crippen LogP contribution in [0.25, 0.3) is 0 Å². The maximum absolute atomic E-state index is 13.4. The molecule has 0 saturated heterocycles. The number of hydrogen-bond acceptors (Lipinski definition) is 6. The van der Waals surface area contributed by atoms with Crippen molar-refractivity contribution in [2.75, 3.05) is 10.5 Å². The van der Waals surface area contributed by atoms with E-state index in [2.05, 4.69) is 9.71 Å². The van der Waals surface area contributed by atoms with E-state index in [-0.39, 0.29) is 32.8 Å². The van der Waals surface area contributed by atoms with Crippen LogP contribution in [0.2, 0.25) is 0 Å². The molecule has 0 aliphatic heterocycles. The number of sulfonamides is 1. The molecule has 0 spiro atoms. The molecular weight excluding hydrogens is 317 g/mol. The molecule has 0 unspecified atom stereocenters. The summed E-state index contributed by atoms with van der Waals surface area (Å²) in [6, 6.07) is 2.21. The molecule has 0 aliphatic rings. The van der Waals surface area contributed by atoms with Crippen LogP contribution in [-0.2, 0) is 10.0 Å².